The summed E-state index contributed by atoms with van der Waals surface area (Å²) in [5.74, 6) is -0.229. The highest BCUT2D eigenvalue weighted by Gasteiger charge is 2.10. The van der Waals surface area contributed by atoms with Gasteiger partial charge in [0.15, 0.2) is 0 Å². The summed E-state index contributed by atoms with van der Waals surface area (Å²) in [7, 11) is 1.67. The Labute approximate surface area is 108 Å². The van der Waals surface area contributed by atoms with Gasteiger partial charge in [0, 0.05) is 13.1 Å². The number of methoxy groups -OCH3 is 1. The molecule has 4 heteroatoms. The van der Waals surface area contributed by atoms with Crippen LogP contribution in [0.15, 0.2) is 12.1 Å². The highest BCUT2D eigenvalue weighted by Crippen LogP contribution is 2.24. The van der Waals surface area contributed by atoms with E-state index >= 15 is 0 Å². The summed E-state index contributed by atoms with van der Waals surface area (Å²) in [5.41, 5.74) is 3.34. The molecule has 2 N–H and O–H groups in total. The summed E-state index contributed by atoms with van der Waals surface area (Å²) >= 11 is 0. The van der Waals surface area contributed by atoms with E-state index in [-0.39, 0.29) is 5.92 Å². The standard InChI is InChI=1S/C14H21NO3/c1-9-5-12(6-10(2)13(9)18-4)8-15-7-11(3)14(16)17/h5-6,11,15H,7-8H2,1-4H3,(H,16,17). The molecule has 0 radical (unpaired) electrons. The summed E-state index contributed by atoms with van der Waals surface area (Å²) in [4.78, 5) is 10.7. The SMILES string of the molecule is COc1c(C)cc(CNCC(C)C(=O)O)cc1C. The lowest BCUT2D eigenvalue weighted by Gasteiger charge is -2.13. The summed E-state index contributed by atoms with van der Waals surface area (Å²) in [5, 5.41) is 11.9. The highest BCUT2D eigenvalue weighted by molar-refractivity contribution is 5.69. The van der Waals surface area contributed by atoms with Gasteiger partial charge in [0.25, 0.3) is 0 Å². The Morgan fingerprint density at radius 1 is 1.39 bits per heavy atom. The van der Waals surface area contributed by atoms with Gasteiger partial charge in [0.2, 0.25) is 0 Å². The number of hydrogen-bond donors (Lipinski definition) is 2. The Kier molecular flexibility index (Phi) is 5.16. The molecule has 0 aliphatic heterocycles. The molecule has 1 aromatic carbocycles. The number of carboxylic acid groups (broad SMARTS) is 1. The van der Waals surface area contributed by atoms with Crippen LogP contribution in [0, 0.1) is 19.8 Å². The average molecular weight is 251 g/mol. The van der Waals surface area contributed by atoms with Gasteiger partial charge in [0.1, 0.15) is 5.75 Å². The molecule has 0 saturated carbocycles. The summed E-state index contributed by atoms with van der Waals surface area (Å²) < 4.78 is 5.31. The minimum Gasteiger partial charge on any atom is -0.496 e. The van der Waals surface area contributed by atoms with Crippen LogP contribution in [0.25, 0.3) is 0 Å². The van der Waals surface area contributed by atoms with E-state index in [0.717, 1.165) is 22.4 Å². The quantitative estimate of drug-likeness (QED) is 0.813. The van der Waals surface area contributed by atoms with Gasteiger partial charge >= 0.3 is 5.97 Å². The third-order valence-corrected chi connectivity index (χ3v) is 2.93. The van der Waals surface area contributed by atoms with Crippen molar-refractivity contribution in [2.75, 3.05) is 13.7 Å². The van der Waals surface area contributed by atoms with Crippen LogP contribution >= 0.6 is 0 Å². The second kappa shape index (κ2) is 6.40. The molecule has 0 amide bonds. The number of carboxylic acids is 1. The van der Waals surface area contributed by atoms with Crippen molar-refractivity contribution in [2.24, 2.45) is 5.92 Å². The number of rotatable bonds is 6. The molecule has 0 bridgehead atoms. The van der Waals surface area contributed by atoms with Crippen LogP contribution in [0.3, 0.4) is 0 Å². The van der Waals surface area contributed by atoms with Crippen molar-refractivity contribution in [3.05, 3.63) is 28.8 Å². The molecule has 0 aromatic heterocycles. The lowest BCUT2D eigenvalue weighted by atomic mass is 10.1. The van der Waals surface area contributed by atoms with E-state index < -0.39 is 5.97 Å². The largest absolute Gasteiger partial charge is 0.496 e. The van der Waals surface area contributed by atoms with Crippen LogP contribution in [-0.2, 0) is 11.3 Å². The van der Waals surface area contributed by atoms with Gasteiger partial charge in [-0.1, -0.05) is 19.1 Å². The second-order valence-electron chi connectivity index (χ2n) is 4.63. The number of nitrogens with one attached hydrogen (secondary N) is 1. The Bertz CT molecular complexity index is 406. The number of carbonyl (C=O) groups is 1. The van der Waals surface area contributed by atoms with Crippen molar-refractivity contribution in [1.29, 1.82) is 0 Å². The Morgan fingerprint density at radius 2 is 1.94 bits per heavy atom. The minimum absolute atomic E-state index is 0.370. The number of aryl methyl sites for hydroxylation is 2. The molecule has 0 saturated heterocycles. The molecule has 4 nitrogen and oxygen atoms in total. The fraction of sp³-hybridized carbons (Fsp3) is 0.500. The van der Waals surface area contributed by atoms with Gasteiger partial charge in [-0.2, -0.15) is 0 Å². The van der Waals surface area contributed by atoms with E-state index in [1.54, 1.807) is 14.0 Å². The van der Waals surface area contributed by atoms with E-state index in [1.165, 1.54) is 0 Å². The summed E-state index contributed by atoms with van der Waals surface area (Å²) in [6, 6.07) is 4.12. The Morgan fingerprint density at radius 3 is 2.39 bits per heavy atom. The maximum Gasteiger partial charge on any atom is 0.307 e. The lowest BCUT2D eigenvalue weighted by Crippen LogP contribution is -2.25. The van der Waals surface area contributed by atoms with Crippen LogP contribution in [0.4, 0.5) is 0 Å². The number of benzene rings is 1. The summed E-state index contributed by atoms with van der Waals surface area (Å²) in [6.45, 7) is 6.85. The zero-order valence-corrected chi connectivity index (χ0v) is 11.4. The normalized spacial score (nSPS) is 12.2. The molecule has 0 spiro atoms. The van der Waals surface area contributed by atoms with Gasteiger partial charge in [-0.05, 0) is 30.5 Å². The van der Waals surface area contributed by atoms with E-state index in [1.807, 2.05) is 13.8 Å². The molecule has 100 valence electrons. The highest BCUT2D eigenvalue weighted by atomic mass is 16.5. The molecular formula is C14H21NO3. The second-order valence-corrected chi connectivity index (χ2v) is 4.63. The fourth-order valence-electron chi connectivity index (χ4n) is 1.98. The maximum atomic E-state index is 10.7. The third kappa shape index (κ3) is 3.74. The first kappa shape index (κ1) is 14.5. The zero-order valence-electron chi connectivity index (χ0n) is 11.4. The first-order chi connectivity index (χ1) is 8.45. The topological polar surface area (TPSA) is 58.6 Å². The van der Waals surface area contributed by atoms with E-state index in [0.29, 0.717) is 13.1 Å². The van der Waals surface area contributed by atoms with E-state index in [9.17, 15) is 4.79 Å². The first-order valence-corrected chi connectivity index (χ1v) is 6.03. The van der Waals surface area contributed by atoms with Gasteiger partial charge in [-0.25, -0.2) is 0 Å². The number of hydrogen-bond acceptors (Lipinski definition) is 3. The van der Waals surface area contributed by atoms with Crippen LogP contribution < -0.4 is 10.1 Å². The van der Waals surface area contributed by atoms with E-state index in [2.05, 4.69) is 17.4 Å². The Balaban J connectivity index is 2.61. The monoisotopic (exact) mass is 251 g/mol. The van der Waals surface area contributed by atoms with Crippen molar-refractivity contribution in [2.45, 2.75) is 27.3 Å². The first-order valence-electron chi connectivity index (χ1n) is 6.03. The van der Waals surface area contributed by atoms with Crippen LogP contribution in [0.5, 0.6) is 5.75 Å². The van der Waals surface area contributed by atoms with Crippen LogP contribution in [0.2, 0.25) is 0 Å². The zero-order chi connectivity index (χ0) is 13.7. The van der Waals surface area contributed by atoms with Crippen molar-refractivity contribution in [1.82, 2.24) is 5.32 Å². The molecule has 0 heterocycles. The van der Waals surface area contributed by atoms with Gasteiger partial charge in [0.05, 0.1) is 13.0 Å². The minimum atomic E-state index is -0.774. The number of aliphatic carboxylic acids is 1. The molecule has 1 rings (SSSR count). The smallest absolute Gasteiger partial charge is 0.307 e. The molecule has 0 fully saturated rings. The summed E-state index contributed by atoms with van der Waals surface area (Å²) in [6.07, 6.45) is 0. The molecule has 18 heavy (non-hydrogen) atoms. The van der Waals surface area contributed by atoms with Crippen molar-refractivity contribution in [3.63, 3.8) is 0 Å². The average Bonchev–Trinajstić information content (AvgIpc) is 2.28. The van der Waals surface area contributed by atoms with E-state index in [4.69, 9.17) is 9.84 Å². The predicted molar refractivity (Wildman–Crippen MR) is 71.0 cm³/mol. The van der Waals surface area contributed by atoms with Crippen molar-refractivity contribution < 1.29 is 14.6 Å². The fourth-order valence-corrected chi connectivity index (χ4v) is 1.98. The number of ether oxygens (including phenoxy) is 1. The molecule has 0 aliphatic carbocycles. The van der Waals surface area contributed by atoms with Crippen molar-refractivity contribution >= 4 is 5.97 Å². The van der Waals surface area contributed by atoms with Crippen LogP contribution in [-0.4, -0.2) is 24.7 Å². The van der Waals surface area contributed by atoms with Crippen molar-refractivity contribution in [3.8, 4) is 5.75 Å². The maximum absolute atomic E-state index is 10.7. The lowest BCUT2D eigenvalue weighted by molar-refractivity contribution is -0.140. The molecule has 1 unspecified atom stereocenters. The third-order valence-electron chi connectivity index (χ3n) is 2.93. The van der Waals surface area contributed by atoms with Gasteiger partial charge < -0.3 is 15.2 Å². The Hall–Kier alpha value is -1.55. The molecule has 1 atom stereocenters. The molecular weight excluding hydrogens is 230 g/mol. The molecule has 0 aliphatic rings. The molecule has 1 aromatic rings. The van der Waals surface area contributed by atoms with Gasteiger partial charge in [-0.3, -0.25) is 4.79 Å². The van der Waals surface area contributed by atoms with Crippen LogP contribution in [0.1, 0.15) is 23.6 Å². The predicted octanol–water partition coefficient (Wildman–Crippen LogP) is 2.12. The van der Waals surface area contributed by atoms with Gasteiger partial charge in [-0.15, -0.1) is 0 Å².